The second-order valence-electron chi connectivity index (χ2n) is 3.34. The van der Waals surface area contributed by atoms with E-state index in [0.717, 1.165) is 5.92 Å². The lowest BCUT2D eigenvalue weighted by Gasteiger charge is -2.20. The first kappa shape index (κ1) is 8.82. The molecule has 0 radical (unpaired) electrons. The fourth-order valence-corrected chi connectivity index (χ4v) is 2.28. The molecule has 1 rings (SSSR count). The van der Waals surface area contributed by atoms with Gasteiger partial charge in [0.25, 0.3) is 0 Å². The molecule has 1 fully saturated rings. The van der Waals surface area contributed by atoms with E-state index in [1.165, 1.54) is 49.4 Å². The van der Waals surface area contributed by atoms with Crippen LogP contribution in [0.4, 0.5) is 0 Å². The molecule has 1 aliphatic carbocycles. The Kier molecular flexibility index (Phi) is 4.76. The Balaban J connectivity index is 2.02. The maximum Gasteiger partial charge on any atom is -0.000463 e. The first-order valence-electron chi connectivity index (χ1n) is 4.49. The van der Waals surface area contributed by atoms with Gasteiger partial charge in [0, 0.05) is 0 Å². The van der Waals surface area contributed by atoms with E-state index in [1.54, 1.807) is 0 Å². The SMILES string of the molecule is ICCCC1CCCCC1. The minimum Gasteiger partial charge on any atom is -0.0864 e. The van der Waals surface area contributed by atoms with Crippen LogP contribution in [0.5, 0.6) is 0 Å². The summed E-state index contributed by atoms with van der Waals surface area (Å²) in [6, 6.07) is 0. The minimum absolute atomic E-state index is 1.10. The summed E-state index contributed by atoms with van der Waals surface area (Å²) in [4.78, 5) is 0. The second-order valence-corrected chi connectivity index (χ2v) is 4.41. The molecule has 0 aromatic carbocycles. The third kappa shape index (κ3) is 3.22. The van der Waals surface area contributed by atoms with Crippen molar-refractivity contribution in [3.63, 3.8) is 0 Å². The highest BCUT2D eigenvalue weighted by Gasteiger charge is 2.11. The van der Waals surface area contributed by atoms with Gasteiger partial charge in [-0.15, -0.1) is 0 Å². The van der Waals surface area contributed by atoms with Gasteiger partial charge < -0.3 is 0 Å². The van der Waals surface area contributed by atoms with E-state index in [1.807, 2.05) is 0 Å². The van der Waals surface area contributed by atoms with E-state index in [0.29, 0.717) is 0 Å². The van der Waals surface area contributed by atoms with Gasteiger partial charge in [-0.1, -0.05) is 54.7 Å². The molecule has 60 valence electrons. The van der Waals surface area contributed by atoms with Crippen molar-refractivity contribution in [1.29, 1.82) is 0 Å². The molecular weight excluding hydrogens is 235 g/mol. The van der Waals surface area contributed by atoms with Crippen molar-refractivity contribution in [2.45, 2.75) is 44.9 Å². The normalized spacial score (nSPS) is 21.3. The van der Waals surface area contributed by atoms with E-state index in [9.17, 15) is 0 Å². The summed E-state index contributed by atoms with van der Waals surface area (Å²) < 4.78 is 1.36. The Hall–Kier alpha value is 0.730. The van der Waals surface area contributed by atoms with Crippen LogP contribution in [0.25, 0.3) is 0 Å². The smallest absolute Gasteiger partial charge is 0.000463 e. The molecule has 10 heavy (non-hydrogen) atoms. The summed E-state index contributed by atoms with van der Waals surface area (Å²) in [7, 11) is 0. The summed E-state index contributed by atoms with van der Waals surface area (Å²) in [5, 5.41) is 0. The number of alkyl halides is 1. The van der Waals surface area contributed by atoms with Crippen molar-refractivity contribution in [3.05, 3.63) is 0 Å². The number of rotatable bonds is 3. The monoisotopic (exact) mass is 252 g/mol. The lowest BCUT2D eigenvalue weighted by Crippen LogP contribution is -2.05. The zero-order valence-corrected chi connectivity index (χ0v) is 8.77. The molecule has 0 bridgehead atoms. The summed E-state index contributed by atoms with van der Waals surface area (Å²) in [6.45, 7) is 0. The average Bonchev–Trinajstić information content (AvgIpc) is 2.03. The van der Waals surface area contributed by atoms with Crippen LogP contribution < -0.4 is 0 Å². The van der Waals surface area contributed by atoms with Gasteiger partial charge in [-0.05, 0) is 23.2 Å². The molecule has 1 aliphatic rings. The lowest BCUT2D eigenvalue weighted by atomic mass is 9.86. The maximum absolute atomic E-state index is 2.48. The molecule has 0 atom stereocenters. The van der Waals surface area contributed by atoms with E-state index >= 15 is 0 Å². The molecule has 0 aromatic rings. The Labute approximate surface area is 77.9 Å². The van der Waals surface area contributed by atoms with Crippen molar-refractivity contribution in [1.82, 2.24) is 0 Å². The Bertz CT molecular complexity index is 74.8. The predicted octanol–water partition coefficient (Wildman–Crippen LogP) is 3.78. The lowest BCUT2D eigenvalue weighted by molar-refractivity contribution is 0.338. The Morgan fingerprint density at radius 1 is 1.10 bits per heavy atom. The van der Waals surface area contributed by atoms with E-state index in [2.05, 4.69) is 22.6 Å². The molecule has 1 heteroatoms. The molecule has 0 N–H and O–H groups in total. The van der Waals surface area contributed by atoms with Crippen LogP contribution >= 0.6 is 22.6 Å². The average molecular weight is 252 g/mol. The highest BCUT2D eigenvalue weighted by atomic mass is 127. The third-order valence-corrected chi connectivity index (χ3v) is 3.23. The molecule has 0 saturated heterocycles. The van der Waals surface area contributed by atoms with Gasteiger partial charge in [0.05, 0.1) is 0 Å². The summed E-state index contributed by atoms with van der Waals surface area (Å²) in [5.74, 6) is 1.10. The van der Waals surface area contributed by atoms with Crippen LogP contribution in [0.3, 0.4) is 0 Å². The van der Waals surface area contributed by atoms with Crippen molar-refractivity contribution in [2.75, 3.05) is 4.43 Å². The van der Waals surface area contributed by atoms with Gasteiger partial charge in [-0.25, -0.2) is 0 Å². The quantitative estimate of drug-likeness (QED) is 0.529. The molecule has 0 amide bonds. The molecule has 0 nitrogen and oxygen atoms in total. The minimum atomic E-state index is 1.10. The number of halogens is 1. The number of hydrogen-bond acceptors (Lipinski definition) is 0. The third-order valence-electron chi connectivity index (χ3n) is 2.47. The van der Waals surface area contributed by atoms with Gasteiger partial charge in [0.1, 0.15) is 0 Å². The van der Waals surface area contributed by atoms with Crippen LogP contribution in [0.15, 0.2) is 0 Å². The van der Waals surface area contributed by atoms with Crippen molar-refractivity contribution in [3.8, 4) is 0 Å². The first-order valence-corrected chi connectivity index (χ1v) is 6.02. The zero-order valence-electron chi connectivity index (χ0n) is 6.61. The summed E-state index contributed by atoms with van der Waals surface area (Å²) in [5.41, 5.74) is 0. The van der Waals surface area contributed by atoms with Crippen LogP contribution in [-0.2, 0) is 0 Å². The van der Waals surface area contributed by atoms with Crippen molar-refractivity contribution < 1.29 is 0 Å². The van der Waals surface area contributed by atoms with Gasteiger partial charge >= 0.3 is 0 Å². The zero-order chi connectivity index (χ0) is 7.23. The molecule has 0 aromatic heterocycles. The molecule has 0 aliphatic heterocycles. The predicted molar refractivity (Wildman–Crippen MR) is 54.7 cm³/mol. The first-order chi connectivity index (χ1) is 4.93. The van der Waals surface area contributed by atoms with E-state index in [4.69, 9.17) is 0 Å². The molecular formula is C9H17I. The Morgan fingerprint density at radius 2 is 1.80 bits per heavy atom. The van der Waals surface area contributed by atoms with E-state index in [-0.39, 0.29) is 0 Å². The van der Waals surface area contributed by atoms with Gasteiger partial charge in [0.2, 0.25) is 0 Å². The highest BCUT2D eigenvalue weighted by molar-refractivity contribution is 14.1. The van der Waals surface area contributed by atoms with Crippen LogP contribution in [-0.4, -0.2) is 4.43 Å². The second kappa shape index (κ2) is 5.39. The molecule has 1 saturated carbocycles. The number of hydrogen-bond donors (Lipinski definition) is 0. The van der Waals surface area contributed by atoms with Gasteiger partial charge in [0.15, 0.2) is 0 Å². The Morgan fingerprint density at radius 3 is 2.40 bits per heavy atom. The van der Waals surface area contributed by atoms with Gasteiger partial charge in [-0.3, -0.25) is 0 Å². The van der Waals surface area contributed by atoms with Crippen LogP contribution in [0.1, 0.15) is 44.9 Å². The molecule has 0 unspecified atom stereocenters. The van der Waals surface area contributed by atoms with Crippen LogP contribution in [0, 0.1) is 5.92 Å². The largest absolute Gasteiger partial charge is 0.0864 e. The topological polar surface area (TPSA) is 0 Å². The fourth-order valence-electron chi connectivity index (χ4n) is 1.84. The summed E-state index contributed by atoms with van der Waals surface area (Å²) in [6.07, 6.45) is 10.5. The standard InChI is InChI=1S/C9H17I/c10-8-4-7-9-5-2-1-3-6-9/h9H,1-8H2. The van der Waals surface area contributed by atoms with Crippen LogP contribution in [0.2, 0.25) is 0 Å². The molecule has 0 spiro atoms. The molecule has 0 heterocycles. The highest BCUT2D eigenvalue weighted by Crippen LogP contribution is 2.27. The van der Waals surface area contributed by atoms with E-state index < -0.39 is 0 Å². The fraction of sp³-hybridized carbons (Fsp3) is 1.00. The van der Waals surface area contributed by atoms with Crippen molar-refractivity contribution in [2.24, 2.45) is 5.92 Å². The summed E-state index contributed by atoms with van der Waals surface area (Å²) >= 11 is 2.48. The van der Waals surface area contributed by atoms with Gasteiger partial charge in [-0.2, -0.15) is 0 Å². The maximum atomic E-state index is 2.48. The van der Waals surface area contributed by atoms with Crippen molar-refractivity contribution >= 4 is 22.6 Å².